The molecule has 5 saturated heterocycles. The van der Waals surface area contributed by atoms with Crippen molar-refractivity contribution in [2.24, 2.45) is 0 Å². The minimum absolute atomic E-state index is 0.694. The van der Waals surface area contributed by atoms with E-state index in [-0.39, 0.29) is 0 Å². The molecular formula is C31H45N3O49S8-8. The Hall–Kier alpha value is -2.74. The Balaban J connectivity index is 1.58. The van der Waals surface area contributed by atoms with Crippen LogP contribution in [-0.4, -0.2) is 327 Å². The Morgan fingerprint density at radius 1 is 0.385 bits per heavy atom. The Morgan fingerprint density at radius 3 is 0.967 bits per heavy atom. The first-order chi connectivity index (χ1) is 41.2. The van der Waals surface area contributed by atoms with Crippen molar-refractivity contribution < 1.29 is 222 Å². The predicted octanol–water partition coefficient (Wildman–Crippen LogP) is -18.5. The number of aliphatic carboxylic acids is 2. The van der Waals surface area contributed by atoms with Crippen LogP contribution in [-0.2, 0) is 161 Å². The van der Waals surface area contributed by atoms with E-state index in [1.165, 1.54) is 4.72 Å². The van der Waals surface area contributed by atoms with E-state index in [1.807, 2.05) is 0 Å². The molecule has 5 heterocycles. The number of hydrogen-bond acceptors (Lipinski definition) is 47. The van der Waals surface area contributed by atoms with Crippen LogP contribution in [0, 0.1) is 0 Å². The fourth-order valence-electron chi connectivity index (χ4n) is 8.93. The van der Waals surface area contributed by atoms with Gasteiger partial charge in [-0.3, -0.25) is 21.7 Å². The number of carboxylic acid groups (broad SMARTS) is 2. The number of ether oxygens (including phenoxy) is 10. The number of aliphatic hydroxyl groups is 6. The quantitative estimate of drug-likeness (QED) is 0.0235. The lowest BCUT2D eigenvalue weighted by Crippen LogP contribution is -2.72. The number of aliphatic hydroxyl groups excluding tert-OH is 6. The minimum Gasteiger partial charge on any atom is -0.735 e. The average molecular weight is 1500 g/mol. The Bertz CT molecular complexity index is 3480. The Kier molecular flexibility index (Phi) is 26.0. The second-order valence-electron chi connectivity index (χ2n) is 18.5. The standard InChI is InChI=1S/C31H53N3O49S8/c1-69-27-9(33-85(48,49)50)13(37)17(6(74-27)3-71-88(57,58)59)76-30-22(83-91(66,67)68)16(40)20(24(81-30)26(43)44)79-29-10(34-86(51,52)53)14(38)18(7(75-29)4-72-89(60,61)62)77-31-21(82-90(63,64)65)15(39)19(23(80-31)25(41)42)78-28-8(32-84(45,46)47)12(36)11(35)5(73-28)2-70-87(54,55)56/h5-24,27-40H,2-4H2,1H3,(H,41,42)(H,43,44)(H,45,46,47)(H,48,49,50)(H,51,52,53)(H,54,55,56)(H,57,58,59)(H,60,61,62)(H,63,64,65)(H,66,67,68)/p-8/t5-,6-,7-,8-,9-,10-,11-,12-,13-,14-,15+,16+,17-,18-,19+,20+,21-,22-,23-,24-,27+,28-,29-,30-,31-/m1/s1. The highest BCUT2D eigenvalue weighted by Crippen LogP contribution is 2.38. The largest absolute Gasteiger partial charge is 0.735 e. The molecule has 0 spiro atoms. The van der Waals surface area contributed by atoms with Gasteiger partial charge in [0.05, 0.1) is 31.8 Å². The monoisotopic (exact) mass is 1500 g/mol. The summed E-state index contributed by atoms with van der Waals surface area (Å²) >= 11 is 0. The van der Waals surface area contributed by atoms with E-state index in [0.29, 0.717) is 7.11 Å². The molecule has 0 aromatic heterocycles. The van der Waals surface area contributed by atoms with Gasteiger partial charge in [-0.05, 0) is 0 Å². The second-order valence-corrected chi connectivity index (χ2v) is 27.2. The number of carboxylic acids is 2. The Morgan fingerprint density at radius 2 is 0.670 bits per heavy atom. The fourth-order valence-corrected chi connectivity index (χ4v) is 12.6. The van der Waals surface area contributed by atoms with Crippen LogP contribution in [0.4, 0.5) is 0 Å². The van der Waals surface area contributed by atoms with Crippen LogP contribution < -0.4 is 24.4 Å². The SMILES string of the molecule is CO[C@H]1O[C@H](COS(=O)(=O)[O-])[C@@H](O[C@@H]2O[C@@H](C(=O)[O-])[C@@H](O[C@H]3O[C@H](COS(=O)(=O)[O-])[C@@H](O[C@@H]4O[C@@H](C(=O)[O-])[C@@H](O[C@H]5O[C@H](COS(=O)(=O)[O-])[C@@H](O)[C@H](O)[C@H]5NS(=O)(=O)[O-])[C@H](O)[C@H]4OS(=O)(=O)O)[C@H](O)[C@H]3NS(=O)(=O)[O-])[C@H](O)[C@H]2OS(=O)(=O)O)[C@H](O)[C@H]1NS(=O)(=O)[O-]. The molecule has 0 aliphatic carbocycles. The summed E-state index contributed by atoms with van der Waals surface area (Å²) in [5.74, 6) is -5.51. The van der Waals surface area contributed by atoms with Gasteiger partial charge in [0.15, 0.2) is 74.6 Å². The smallest absolute Gasteiger partial charge is 0.397 e. The van der Waals surface area contributed by atoms with Crippen LogP contribution >= 0.6 is 0 Å². The highest BCUT2D eigenvalue weighted by Gasteiger charge is 2.60. The van der Waals surface area contributed by atoms with Crippen molar-refractivity contribution in [3.05, 3.63) is 0 Å². The first-order valence-electron chi connectivity index (χ1n) is 23.4. The summed E-state index contributed by atoms with van der Waals surface area (Å²) in [6.07, 6.45) is -65.9. The molecule has 60 heteroatoms. The van der Waals surface area contributed by atoms with Gasteiger partial charge in [0.2, 0.25) is 31.2 Å². The molecule has 5 rings (SSSR count). The van der Waals surface area contributed by atoms with E-state index in [1.54, 1.807) is 0 Å². The number of carbonyl (C=O) groups excluding carboxylic acids is 2. The third kappa shape index (κ3) is 22.9. The third-order valence-electron chi connectivity index (χ3n) is 12.4. The maximum absolute atomic E-state index is 12.8. The summed E-state index contributed by atoms with van der Waals surface area (Å²) in [4.78, 5) is 25.5. The molecule has 0 bridgehead atoms. The maximum atomic E-state index is 12.8. The minimum atomic E-state index is -6.29. The lowest BCUT2D eigenvalue weighted by atomic mass is 9.94. The van der Waals surface area contributed by atoms with Crippen molar-refractivity contribution in [3.63, 3.8) is 0 Å². The van der Waals surface area contributed by atoms with Crippen LogP contribution in [0.3, 0.4) is 0 Å². The van der Waals surface area contributed by atoms with Gasteiger partial charge in [0, 0.05) is 7.11 Å². The van der Waals surface area contributed by atoms with E-state index in [9.17, 15) is 154 Å². The zero-order valence-electron chi connectivity index (χ0n) is 43.6. The molecule has 0 amide bonds. The molecule has 52 nitrogen and oxygen atoms in total. The van der Waals surface area contributed by atoms with E-state index in [4.69, 9.17) is 47.4 Å². The normalized spacial score (nSPS) is 38.6. The van der Waals surface area contributed by atoms with Gasteiger partial charge in [0.1, 0.15) is 110 Å². The molecule has 91 heavy (non-hydrogen) atoms. The molecular weight excluding hydrogens is 1450 g/mol. The summed E-state index contributed by atoms with van der Waals surface area (Å²) in [5, 5.41) is 92.9. The molecule has 0 aromatic carbocycles. The molecule has 534 valence electrons. The van der Waals surface area contributed by atoms with Crippen molar-refractivity contribution in [2.75, 3.05) is 26.9 Å². The zero-order chi connectivity index (χ0) is 69.4. The van der Waals surface area contributed by atoms with Crippen LogP contribution in [0.2, 0.25) is 0 Å². The molecule has 0 radical (unpaired) electrons. The first-order valence-corrected chi connectivity index (χ1v) is 34.4. The number of rotatable bonds is 30. The van der Waals surface area contributed by atoms with Gasteiger partial charge in [-0.2, -0.15) is 16.8 Å². The van der Waals surface area contributed by atoms with E-state index < -0.39 is 268 Å². The van der Waals surface area contributed by atoms with Crippen molar-refractivity contribution in [1.29, 1.82) is 0 Å². The number of nitrogens with one attached hydrogen (secondary N) is 3. The lowest BCUT2D eigenvalue weighted by Gasteiger charge is -2.51. The first kappa shape index (κ1) is 79.0. The Labute approximate surface area is 509 Å². The lowest BCUT2D eigenvalue weighted by molar-refractivity contribution is -0.389. The topological polar surface area (TPSA) is 828 Å². The van der Waals surface area contributed by atoms with Crippen LogP contribution in [0.1, 0.15) is 0 Å². The van der Waals surface area contributed by atoms with Crippen LogP contribution in [0.25, 0.3) is 0 Å². The third-order valence-corrected chi connectivity index (χ3v) is 16.3. The van der Waals surface area contributed by atoms with E-state index in [2.05, 4.69) is 20.9 Å². The summed E-state index contributed by atoms with van der Waals surface area (Å²) in [6, 6.07) is -8.37. The van der Waals surface area contributed by atoms with Crippen molar-refractivity contribution in [2.45, 2.75) is 153 Å². The van der Waals surface area contributed by atoms with Crippen molar-refractivity contribution in [3.8, 4) is 0 Å². The molecule has 0 aromatic rings. The average Bonchev–Trinajstić information content (AvgIpc) is 0.776. The zero-order valence-corrected chi connectivity index (χ0v) is 50.2. The maximum Gasteiger partial charge on any atom is 0.397 e. The van der Waals surface area contributed by atoms with Crippen LogP contribution in [0.5, 0.6) is 0 Å². The molecule has 5 aliphatic rings. The summed E-state index contributed by atoms with van der Waals surface area (Å²) < 4.78 is 355. The summed E-state index contributed by atoms with van der Waals surface area (Å²) in [5.41, 5.74) is 0. The van der Waals surface area contributed by atoms with Gasteiger partial charge in [-0.25, -0.2) is 73.0 Å². The van der Waals surface area contributed by atoms with Gasteiger partial charge < -0.3 is 125 Å². The van der Waals surface area contributed by atoms with Gasteiger partial charge >= 0.3 is 20.8 Å². The highest BCUT2D eigenvalue weighted by atomic mass is 32.3. The molecule has 25 atom stereocenters. The highest BCUT2D eigenvalue weighted by molar-refractivity contribution is 7.84. The molecule has 0 saturated carbocycles. The molecule has 5 aliphatic heterocycles. The fraction of sp³-hybridized carbons (Fsp3) is 0.935. The van der Waals surface area contributed by atoms with E-state index >= 15 is 0 Å². The number of carbonyl (C=O) groups is 2. The number of methoxy groups -OCH3 is 1. The molecule has 5 fully saturated rings. The van der Waals surface area contributed by atoms with Crippen molar-refractivity contribution >= 4 is 94.8 Å². The predicted molar refractivity (Wildman–Crippen MR) is 246 cm³/mol. The van der Waals surface area contributed by atoms with Gasteiger partial charge in [-0.15, -0.1) is 0 Å². The second kappa shape index (κ2) is 29.9. The van der Waals surface area contributed by atoms with Gasteiger partial charge in [0.25, 0.3) is 0 Å². The number of hydrogen-bond donors (Lipinski definition) is 11. The summed E-state index contributed by atoms with van der Waals surface area (Å²) in [6.45, 7) is -5.34. The molecule has 11 N–H and O–H groups in total. The van der Waals surface area contributed by atoms with E-state index in [0.717, 1.165) is 9.44 Å². The van der Waals surface area contributed by atoms with Gasteiger partial charge in [-0.1, -0.05) is 0 Å². The van der Waals surface area contributed by atoms with Crippen molar-refractivity contribution in [1.82, 2.24) is 14.2 Å². The summed E-state index contributed by atoms with van der Waals surface area (Å²) in [7, 11) is -47.4. The molecule has 0 unspecified atom stereocenters. The van der Waals surface area contributed by atoms with Crippen LogP contribution in [0.15, 0.2) is 0 Å².